The Bertz CT molecular complexity index is 572. The van der Waals surface area contributed by atoms with E-state index in [9.17, 15) is 0 Å². The van der Waals surface area contributed by atoms with Crippen LogP contribution in [0.1, 0.15) is 49.6 Å². The monoisotopic (exact) mass is 289 g/mol. The van der Waals surface area contributed by atoms with Gasteiger partial charge in [-0.15, -0.1) is 0 Å². The molecule has 0 aliphatic heterocycles. The van der Waals surface area contributed by atoms with Crippen molar-refractivity contribution < 1.29 is 4.52 Å². The molecule has 6 heteroatoms. The van der Waals surface area contributed by atoms with E-state index in [1.54, 1.807) is 0 Å². The summed E-state index contributed by atoms with van der Waals surface area (Å²) < 4.78 is 7.45. The Morgan fingerprint density at radius 2 is 2.29 bits per heavy atom. The van der Waals surface area contributed by atoms with E-state index in [2.05, 4.69) is 31.5 Å². The molecule has 0 saturated heterocycles. The highest BCUT2D eigenvalue weighted by Crippen LogP contribution is 2.35. The highest BCUT2D eigenvalue weighted by molar-refractivity contribution is 4.98. The van der Waals surface area contributed by atoms with Crippen LogP contribution in [0.15, 0.2) is 16.9 Å². The summed E-state index contributed by atoms with van der Waals surface area (Å²) >= 11 is 0. The first-order valence-electron chi connectivity index (χ1n) is 7.77. The molecule has 0 spiro atoms. The predicted octanol–water partition coefficient (Wildman–Crippen LogP) is 2.14. The fourth-order valence-electron chi connectivity index (χ4n) is 2.60. The average molecular weight is 289 g/mol. The number of imidazole rings is 1. The lowest BCUT2D eigenvalue weighted by Gasteiger charge is -2.20. The van der Waals surface area contributed by atoms with Gasteiger partial charge in [0.15, 0.2) is 5.82 Å². The van der Waals surface area contributed by atoms with Crippen LogP contribution >= 0.6 is 0 Å². The molecule has 2 heterocycles. The molecule has 0 N–H and O–H groups in total. The van der Waals surface area contributed by atoms with Crippen molar-refractivity contribution in [2.75, 3.05) is 13.1 Å². The van der Waals surface area contributed by atoms with E-state index in [1.807, 2.05) is 19.4 Å². The summed E-state index contributed by atoms with van der Waals surface area (Å²) in [4.78, 5) is 11.2. The molecule has 1 fully saturated rings. The van der Waals surface area contributed by atoms with E-state index in [4.69, 9.17) is 4.52 Å². The quantitative estimate of drug-likeness (QED) is 0.781. The number of likely N-dealkylation sites (N-methyl/N-ethyl adjacent to an activating group) is 1. The summed E-state index contributed by atoms with van der Waals surface area (Å²) in [6.45, 7) is 4.83. The summed E-state index contributed by atoms with van der Waals surface area (Å²) in [5, 5.41) is 4.12. The molecule has 0 atom stereocenters. The molecule has 1 aliphatic carbocycles. The fraction of sp³-hybridized carbons (Fsp3) is 0.667. The van der Waals surface area contributed by atoms with Crippen LogP contribution in [-0.2, 0) is 20.0 Å². The zero-order valence-corrected chi connectivity index (χ0v) is 12.8. The number of rotatable bonds is 7. The van der Waals surface area contributed by atoms with Crippen LogP contribution in [0.5, 0.6) is 0 Å². The van der Waals surface area contributed by atoms with Crippen molar-refractivity contribution in [1.29, 1.82) is 0 Å². The summed E-state index contributed by atoms with van der Waals surface area (Å²) in [7, 11) is 2.03. The van der Waals surface area contributed by atoms with E-state index < -0.39 is 0 Å². The van der Waals surface area contributed by atoms with Crippen LogP contribution in [0.2, 0.25) is 0 Å². The van der Waals surface area contributed by atoms with Crippen LogP contribution in [0.25, 0.3) is 0 Å². The molecule has 3 rings (SSSR count). The minimum absolute atomic E-state index is 0.508. The molecular formula is C15H23N5O. The Kier molecular flexibility index (Phi) is 4.34. The van der Waals surface area contributed by atoms with E-state index >= 15 is 0 Å². The standard InChI is InChI=1S/C15H23N5O/c1-3-20(9-7-14-16-8-10-19(14)2)11-13-17-15(21-18-13)12-5-4-6-12/h8,10,12H,3-7,9,11H2,1-2H3. The summed E-state index contributed by atoms with van der Waals surface area (Å²) in [5.41, 5.74) is 0. The van der Waals surface area contributed by atoms with Crippen molar-refractivity contribution >= 4 is 0 Å². The zero-order chi connectivity index (χ0) is 14.7. The largest absolute Gasteiger partial charge is 0.339 e. The zero-order valence-electron chi connectivity index (χ0n) is 12.8. The molecule has 1 aliphatic rings. The molecule has 1 saturated carbocycles. The lowest BCUT2D eigenvalue weighted by Crippen LogP contribution is -2.26. The van der Waals surface area contributed by atoms with Gasteiger partial charge in [0, 0.05) is 38.3 Å². The summed E-state index contributed by atoms with van der Waals surface area (Å²) in [5.74, 6) is 3.25. The van der Waals surface area contributed by atoms with Crippen LogP contribution in [0.4, 0.5) is 0 Å². The third kappa shape index (κ3) is 3.32. The molecule has 114 valence electrons. The van der Waals surface area contributed by atoms with Crippen molar-refractivity contribution in [2.45, 2.75) is 45.1 Å². The highest BCUT2D eigenvalue weighted by Gasteiger charge is 2.25. The number of aryl methyl sites for hydroxylation is 1. The van der Waals surface area contributed by atoms with E-state index in [1.165, 1.54) is 19.3 Å². The predicted molar refractivity (Wildman–Crippen MR) is 78.8 cm³/mol. The molecule has 0 radical (unpaired) electrons. The van der Waals surface area contributed by atoms with Crippen molar-refractivity contribution in [3.8, 4) is 0 Å². The van der Waals surface area contributed by atoms with Gasteiger partial charge < -0.3 is 9.09 Å². The van der Waals surface area contributed by atoms with E-state index in [0.717, 1.165) is 43.6 Å². The van der Waals surface area contributed by atoms with Crippen molar-refractivity contribution in [2.24, 2.45) is 7.05 Å². The van der Waals surface area contributed by atoms with E-state index in [0.29, 0.717) is 5.92 Å². The maximum atomic E-state index is 5.38. The molecular weight excluding hydrogens is 266 g/mol. The second-order valence-electron chi connectivity index (χ2n) is 5.75. The van der Waals surface area contributed by atoms with Crippen molar-refractivity contribution in [1.82, 2.24) is 24.6 Å². The second-order valence-corrected chi connectivity index (χ2v) is 5.75. The topological polar surface area (TPSA) is 60.0 Å². The third-order valence-corrected chi connectivity index (χ3v) is 4.32. The fourth-order valence-corrected chi connectivity index (χ4v) is 2.60. The van der Waals surface area contributed by atoms with Gasteiger partial charge in [-0.05, 0) is 19.4 Å². The van der Waals surface area contributed by atoms with Gasteiger partial charge in [0.1, 0.15) is 5.82 Å². The first-order chi connectivity index (χ1) is 10.3. The smallest absolute Gasteiger partial charge is 0.229 e. The summed E-state index contributed by atoms with van der Waals surface area (Å²) in [6, 6.07) is 0. The van der Waals surface area contributed by atoms with Gasteiger partial charge in [0.25, 0.3) is 0 Å². The van der Waals surface area contributed by atoms with Gasteiger partial charge in [-0.1, -0.05) is 18.5 Å². The van der Waals surface area contributed by atoms with Gasteiger partial charge in [-0.3, -0.25) is 4.90 Å². The third-order valence-electron chi connectivity index (χ3n) is 4.32. The minimum Gasteiger partial charge on any atom is -0.339 e. The van der Waals surface area contributed by atoms with Gasteiger partial charge in [-0.25, -0.2) is 4.98 Å². The number of hydrogen-bond donors (Lipinski definition) is 0. The lowest BCUT2D eigenvalue weighted by molar-refractivity contribution is 0.263. The molecule has 6 nitrogen and oxygen atoms in total. The Morgan fingerprint density at radius 1 is 1.43 bits per heavy atom. The van der Waals surface area contributed by atoms with Crippen LogP contribution in [-0.4, -0.2) is 37.7 Å². The van der Waals surface area contributed by atoms with Crippen LogP contribution in [0.3, 0.4) is 0 Å². The van der Waals surface area contributed by atoms with Crippen molar-refractivity contribution in [3.05, 3.63) is 29.9 Å². The lowest BCUT2D eigenvalue weighted by atomic mass is 9.85. The maximum absolute atomic E-state index is 5.38. The Morgan fingerprint density at radius 3 is 2.90 bits per heavy atom. The highest BCUT2D eigenvalue weighted by atomic mass is 16.5. The van der Waals surface area contributed by atoms with Crippen LogP contribution in [0, 0.1) is 0 Å². The van der Waals surface area contributed by atoms with Gasteiger partial charge in [-0.2, -0.15) is 4.98 Å². The Balaban J connectivity index is 1.54. The SMILES string of the molecule is CCN(CCc1nccn1C)Cc1noc(C2CCC2)n1. The first-order valence-corrected chi connectivity index (χ1v) is 7.77. The minimum atomic E-state index is 0.508. The Labute approximate surface area is 125 Å². The molecule has 21 heavy (non-hydrogen) atoms. The average Bonchev–Trinajstić information content (AvgIpc) is 3.02. The van der Waals surface area contributed by atoms with Crippen LogP contribution < -0.4 is 0 Å². The van der Waals surface area contributed by atoms with Gasteiger partial charge in [0.2, 0.25) is 5.89 Å². The first kappa shape index (κ1) is 14.3. The number of nitrogens with zero attached hydrogens (tertiary/aromatic N) is 5. The number of aromatic nitrogens is 4. The normalized spacial score (nSPS) is 15.6. The molecule has 0 aromatic carbocycles. The maximum Gasteiger partial charge on any atom is 0.229 e. The molecule has 2 aromatic heterocycles. The van der Waals surface area contributed by atoms with Gasteiger partial charge in [0.05, 0.1) is 6.54 Å². The van der Waals surface area contributed by atoms with Crippen molar-refractivity contribution in [3.63, 3.8) is 0 Å². The number of hydrogen-bond acceptors (Lipinski definition) is 5. The molecule has 2 aromatic rings. The molecule has 0 bridgehead atoms. The molecule has 0 unspecified atom stereocenters. The summed E-state index contributed by atoms with van der Waals surface area (Å²) in [6.07, 6.45) is 8.43. The Hall–Kier alpha value is -1.69. The molecule has 0 amide bonds. The second kappa shape index (κ2) is 6.39. The van der Waals surface area contributed by atoms with E-state index in [-0.39, 0.29) is 0 Å². The van der Waals surface area contributed by atoms with Gasteiger partial charge >= 0.3 is 0 Å².